The van der Waals surface area contributed by atoms with Gasteiger partial charge in [-0.05, 0) is 44.8 Å². The second-order valence-corrected chi connectivity index (χ2v) is 8.30. The highest BCUT2D eigenvalue weighted by molar-refractivity contribution is 9.09. The SMILES string of the molecule is Br.CC(Br)c1oc(=O)c2ccccc2c1-c1cccc(C(=O)NCCN(C)C)c1. The molecule has 0 fully saturated rings. The highest BCUT2D eigenvalue weighted by atomic mass is 79.9. The molecule has 0 aliphatic carbocycles. The van der Waals surface area contributed by atoms with Crippen molar-refractivity contribution < 1.29 is 9.21 Å². The number of halogens is 2. The first kappa shape index (κ1) is 23.3. The van der Waals surface area contributed by atoms with Crippen molar-refractivity contribution in [2.24, 2.45) is 0 Å². The average Bonchev–Trinajstić information content (AvgIpc) is 2.67. The van der Waals surface area contributed by atoms with E-state index in [1.165, 1.54) is 0 Å². The molecular weight excluding hydrogens is 500 g/mol. The summed E-state index contributed by atoms with van der Waals surface area (Å²) in [4.78, 5) is 26.8. The molecule has 1 unspecified atom stereocenters. The molecule has 0 saturated heterocycles. The topological polar surface area (TPSA) is 62.6 Å². The van der Waals surface area contributed by atoms with Crippen LogP contribution in [0.2, 0.25) is 0 Å². The van der Waals surface area contributed by atoms with Crippen LogP contribution in [0.25, 0.3) is 21.9 Å². The zero-order chi connectivity index (χ0) is 20.3. The number of fused-ring (bicyclic) bond motifs is 1. The Kier molecular flexibility index (Phi) is 8.19. The number of amides is 1. The number of carbonyl (C=O) groups is 1. The van der Waals surface area contributed by atoms with E-state index in [9.17, 15) is 9.59 Å². The van der Waals surface area contributed by atoms with Crippen LogP contribution in [0.3, 0.4) is 0 Å². The van der Waals surface area contributed by atoms with Gasteiger partial charge < -0.3 is 14.6 Å². The highest BCUT2D eigenvalue weighted by Crippen LogP contribution is 2.36. The Hall–Kier alpha value is -1.96. The quantitative estimate of drug-likeness (QED) is 0.472. The van der Waals surface area contributed by atoms with E-state index in [-0.39, 0.29) is 33.3 Å². The molecule has 1 heterocycles. The summed E-state index contributed by atoms with van der Waals surface area (Å²) >= 11 is 3.53. The van der Waals surface area contributed by atoms with Crippen LogP contribution in [-0.4, -0.2) is 38.0 Å². The summed E-state index contributed by atoms with van der Waals surface area (Å²) in [7, 11) is 3.92. The van der Waals surface area contributed by atoms with Gasteiger partial charge in [-0.1, -0.05) is 46.3 Å². The maximum atomic E-state index is 12.5. The fourth-order valence-electron chi connectivity index (χ4n) is 3.11. The summed E-state index contributed by atoms with van der Waals surface area (Å²) < 4.78 is 5.62. The molecule has 0 spiro atoms. The Balaban J connectivity index is 0.00000300. The Morgan fingerprint density at radius 2 is 1.83 bits per heavy atom. The number of nitrogens with zero attached hydrogens (tertiary/aromatic N) is 1. The molecule has 1 N–H and O–H groups in total. The molecule has 3 rings (SSSR count). The second kappa shape index (κ2) is 10.2. The number of hydrogen-bond acceptors (Lipinski definition) is 4. The molecule has 2 aromatic carbocycles. The van der Waals surface area contributed by atoms with Crippen molar-refractivity contribution >= 4 is 49.6 Å². The van der Waals surface area contributed by atoms with Crippen LogP contribution < -0.4 is 10.9 Å². The summed E-state index contributed by atoms with van der Waals surface area (Å²) in [6, 6.07) is 14.8. The van der Waals surface area contributed by atoms with Gasteiger partial charge in [-0.15, -0.1) is 17.0 Å². The summed E-state index contributed by atoms with van der Waals surface area (Å²) in [5, 5.41) is 4.26. The first-order valence-corrected chi connectivity index (χ1v) is 10.0. The molecule has 5 nitrogen and oxygen atoms in total. The molecule has 154 valence electrons. The van der Waals surface area contributed by atoms with Crippen molar-refractivity contribution in [3.8, 4) is 11.1 Å². The maximum Gasteiger partial charge on any atom is 0.343 e. The van der Waals surface area contributed by atoms with Crippen molar-refractivity contribution in [3.63, 3.8) is 0 Å². The van der Waals surface area contributed by atoms with Crippen LogP contribution in [-0.2, 0) is 0 Å². The van der Waals surface area contributed by atoms with Crippen molar-refractivity contribution in [1.82, 2.24) is 10.2 Å². The third-order valence-corrected chi connectivity index (χ3v) is 4.90. The maximum absolute atomic E-state index is 12.5. The molecule has 0 saturated carbocycles. The number of alkyl halides is 1. The predicted octanol–water partition coefficient (Wildman–Crippen LogP) is 4.79. The lowest BCUT2D eigenvalue weighted by Gasteiger charge is -2.14. The minimum absolute atomic E-state index is 0. The van der Waals surface area contributed by atoms with Gasteiger partial charge in [0.05, 0.1) is 10.2 Å². The van der Waals surface area contributed by atoms with Crippen molar-refractivity contribution in [3.05, 3.63) is 70.3 Å². The number of likely N-dealkylation sites (N-methyl/N-ethyl adjacent to an activating group) is 1. The van der Waals surface area contributed by atoms with E-state index < -0.39 is 0 Å². The summed E-state index contributed by atoms with van der Waals surface area (Å²) in [6.07, 6.45) is 0. The van der Waals surface area contributed by atoms with Gasteiger partial charge in [0, 0.05) is 29.6 Å². The normalized spacial score (nSPS) is 11.9. The van der Waals surface area contributed by atoms with Crippen molar-refractivity contribution in [1.29, 1.82) is 0 Å². The molecule has 0 bridgehead atoms. The molecule has 3 aromatic rings. The Morgan fingerprint density at radius 1 is 1.14 bits per heavy atom. The van der Waals surface area contributed by atoms with E-state index in [0.29, 0.717) is 23.3 Å². The third kappa shape index (κ3) is 5.35. The number of benzene rings is 2. The first-order valence-electron chi connectivity index (χ1n) is 9.11. The minimum atomic E-state index is -0.363. The van der Waals surface area contributed by atoms with Gasteiger partial charge in [-0.3, -0.25) is 4.79 Å². The highest BCUT2D eigenvalue weighted by Gasteiger charge is 2.19. The molecular formula is C22H24Br2N2O3. The number of rotatable bonds is 6. The van der Waals surface area contributed by atoms with Gasteiger partial charge in [0.15, 0.2) is 0 Å². The lowest BCUT2D eigenvalue weighted by atomic mass is 9.96. The van der Waals surface area contributed by atoms with E-state index in [2.05, 4.69) is 21.2 Å². The molecule has 1 amide bonds. The Bertz CT molecular complexity index is 1060. The van der Waals surface area contributed by atoms with Crippen LogP contribution in [0.5, 0.6) is 0 Å². The van der Waals surface area contributed by atoms with E-state index in [1.807, 2.05) is 62.3 Å². The molecule has 0 aliphatic rings. The smallest absolute Gasteiger partial charge is 0.343 e. The fraction of sp³-hybridized carbons (Fsp3) is 0.273. The van der Waals surface area contributed by atoms with E-state index in [1.54, 1.807) is 12.1 Å². The lowest BCUT2D eigenvalue weighted by molar-refractivity contribution is 0.0951. The van der Waals surface area contributed by atoms with Crippen LogP contribution in [0.1, 0.15) is 27.9 Å². The predicted molar refractivity (Wildman–Crippen MR) is 126 cm³/mol. The first-order chi connectivity index (χ1) is 13.4. The van der Waals surface area contributed by atoms with Gasteiger partial charge in [0.2, 0.25) is 0 Å². The lowest BCUT2D eigenvalue weighted by Crippen LogP contribution is -2.31. The minimum Gasteiger partial charge on any atom is -0.426 e. The third-order valence-electron chi connectivity index (χ3n) is 4.48. The molecule has 7 heteroatoms. The van der Waals surface area contributed by atoms with Gasteiger partial charge in [0.25, 0.3) is 5.91 Å². The molecule has 29 heavy (non-hydrogen) atoms. The zero-order valence-electron chi connectivity index (χ0n) is 16.6. The van der Waals surface area contributed by atoms with Crippen molar-refractivity contribution in [2.75, 3.05) is 27.2 Å². The number of carbonyl (C=O) groups excluding carboxylic acids is 1. The largest absolute Gasteiger partial charge is 0.426 e. The Labute approximate surface area is 189 Å². The van der Waals surface area contributed by atoms with Gasteiger partial charge in [0.1, 0.15) is 5.76 Å². The summed E-state index contributed by atoms with van der Waals surface area (Å²) in [6.45, 7) is 3.25. The molecule has 1 atom stereocenters. The Morgan fingerprint density at radius 3 is 2.48 bits per heavy atom. The summed E-state index contributed by atoms with van der Waals surface area (Å²) in [5.74, 6) is 0.424. The second-order valence-electron chi connectivity index (χ2n) is 6.93. The van der Waals surface area contributed by atoms with Crippen LogP contribution in [0, 0.1) is 0 Å². The zero-order valence-corrected chi connectivity index (χ0v) is 19.9. The van der Waals surface area contributed by atoms with Gasteiger partial charge in [-0.25, -0.2) is 4.79 Å². The van der Waals surface area contributed by atoms with E-state index in [4.69, 9.17) is 4.42 Å². The van der Waals surface area contributed by atoms with Crippen LogP contribution in [0.4, 0.5) is 0 Å². The monoisotopic (exact) mass is 522 g/mol. The standard InChI is InChI=1S/C22H23BrN2O3.BrH/c1-14(23)20-19(17-9-4-5-10-18(17)22(27)28-20)15-7-6-8-16(13-15)21(26)24-11-12-25(2)3;/h4-10,13-14H,11-12H2,1-3H3,(H,24,26);1H. The number of hydrogen-bond donors (Lipinski definition) is 1. The van der Waals surface area contributed by atoms with Crippen molar-refractivity contribution in [2.45, 2.75) is 11.8 Å². The van der Waals surface area contributed by atoms with Crippen LogP contribution in [0.15, 0.2) is 57.7 Å². The van der Waals surface area contributed by atoms with Crippen LogP contribution >= 0.6 is 32.9 Å². The average molecular weight is 524 g/mol. The fourth-order valence-corrected chi connectivity index (χ4v) is 3.43. The summed E-state index contributed by atoms with van der Waals surface area (Å²) in [5.41, 5.74) is 1.86. The van der Waals surface area contributed by atoms with E-state index in [0.717, 1.165) is 23.1 Å². The molecule has 0 aliphatic heterocycles. The van der Waals surface area contributed by atoms with E-state index >= 15 is 0 Å². The molecule has 1 aromatic heterocycles. The number of nitrogens with one attached hydrogen (secondary N) is 1. The van der Waals surface area contributed by atoms with Gasteiger partial charge in [-0.2, -0.15) is 0 Å². The van der Waals surface area contributed by atoms with Gasteiger partial charge >= 0.3 is 5.63 Å². The molecule has 0 radical (unpaired) electrons.